The van der Waals surface area contributed by atoms with E-state index in [0.29, 0.717) is 0 Å². The number of sulfone groups is 1. The Kier molecular flexibility index (Phi) is 4.86. The third-order valence-corrected chi connectivity index (χ3v) is 4.72. The Hall–Kier alpha value is -2.60. The predicted octanol–water partition coefficient (Wildman–Crippen LogP) is 2.59. The van der Waals surface area contributed by atoms with Crippen molar-refractivity contribution in [3.63, 3.8) is 0 Å². The maximum absolute atomic E-state index is 11.3. The second-order valence-electron chi connectivity index (χ2n) is 4.98. The molecule has 0 unspecified atom stereocenters. The first-order chi connectivity index (χ1) is 10.8. The lowest BCUT2D eigenvalue weighted by Crippen LogP contribution is -2.11. The fourth-order valence-electron chi connectivity index (χ4n) is 2.00. The summed E-state index contributed by atoms with van der Waals surface area (Å²) in [4.78, 5) is 10.8. The molecule has 2 heterocycles. The highest BCUT2D eigenvalue weighted by molar-refractivity contribution is 7.94. The highest BCUT2D eigenvalue weighted by Gasteiger charge is 2.11. The number of carbonyl (C=O) groups excluding carboxylic acids is 1. The number of amides is 1. The molecular weight excluding hydrogens is 314 g/mol. The predicted molar refractivity (Wildman–Crippen MR) is 87.9 cm³/mol. The van der Waals surface area contributed by atoms with Gasteiger partial charge in [-0.3, -0.25) is 4.79 Å². The van der Waals surface area contributed by atoms with Gasteiger partial charge in [0.1, 0.15) is 12.4 Å². The van der Waals surface area contributed by atoms with E-state index in [1.807, 2.05) is 6.07 Å². The zero-order valence-electron chi connectivity index (χ0n) is 12.7. The SMILES string of the molecule is C=CS(=O)(=O)c1cccc(C(N)=O)c1.Cc1cc2ccc1CO2. The number of benzene rings is 2. The topological polar surface area (TPSA) is 86.5 Å². The summed E-state index contributed by atoms with van der Waals surface area (Å²) in [6.45, 7) is 6.06. The second-order valence-corrected chi connectivity index (χ2v) is 6.88. The summed E-state index contributed by atoms with van der Waals surface area (Å²) < 4.78 is 27.9. The zero-order valence-corrected chi connectivity index (χ0v) is 13.5. The molecule has 2 bridgehead atoms. The molecule has 23 heavy (non-hydrogen) atoms. The van der Waals surface area contributed by atoms with E-state index in [2.05, 4.69) is 25.6 Å². The van der Waals surface area contributed by atoms with Crippen molar-refractivity contribution in [3.05, 3.63) is 71.1 Å². The average Bonchev–Trinajstić information content (AvgIpc) is 2.56. The normalized spacial score (nSPS) is 11.9. The van der Waals surface area contributed by atoms with E-state index in [1.165, 1.54) is 35.4 Å². The summed E-state index contributed by atoms with van der Waals surface area (Å²) in [6, 6.07) is 11.7. The van der Waals surface area contributed by atoms with Crippen molar-refractivity contribution in [2.45, 2.75) is 18.4 Å². The van der Waals surface area contributed by atoms with Crippen LogP contribution in [-0.4, -0.2) is 14.3 Å². The highest BCUT2D eigenvalue weighted by atomic mass is 32.2. The van der Waals surface area contributed by atoms with Crippen LogP contribution in [0, 0.1) is 6.92 Å². The maximum Gasteiger partial charge on any atom is 0.248 e. The Morgan fingerprint density at radius 1 is 1.26 bits per heavy atom. The van der Waals surface area contributed by atoms with Crippen molar-refractivity contribution in [1.29, 1.82) is 0 Å². The molecule has 2 N–H and O–H groups in total. The summed E-state index contributed by atoms with van der Waals surface area (Å²) in [7, 11) is -3.50. The van der Waals surface area contributed by atoms with Gasteiger partial charge in [-0.1, -0.05) is 18.7 Å². The van der Waals surface area contributed by atoms with Gasteiger partial charge in [-0.15, -0.1) is 0 Å². The van der Waals surface area contributed by atoms with E-state index >= 15 is 0 Å². The molecule has 0 aliphatic carbocycles. The number of ether oxygens (including phenoxy) is 1. The van der Waals surface area contributed by atoms with Gasteiger partial charge in [0.05, 0.1) is 4.90 Å². The maximum atomic E-state index is 11.3. The molecule has 2 aromatic carbocycles. The molecule has 2 aliphatic rings. The number of primary amides is 1. The Bertz CT molecular complexity index is 857. The standard InChI is InChI=1S/C9H9NO3S.C8H8O/c1-2-14(12,13)8-5-3-4-7(6-8)9(10)11;1-6-4-8-3-2-7(6)5-9-8/h2-6H,1H2,(H2,10,11);2-4H,5H2,1H3. The molecule has 0 radical (unpaired) electrons. The first-order valence-electron chi connectivity index (χ1n) is 6.83. The van der Waals surface area contributed by atoms with Crippen molar-refractivity contribution in [3.8, 4) is 5.75 Å². The minimum atomic E-state index is -3.50. The molecule has 5 nitrogen and oxygen atoms in total. The van der Waals surface area contributed by atoms with Gasteiger partial charge >= 0.3 is 0 Å². The van der Waals surface area contributed by atoms with Gasteiger partial charge in [0.25, 0.3) is 0 Å². The summed E-state index contributed by atoms with van der Waals surface area (Å²) in [5.74, 6) is 0.341. The van der Waals surface area contributed by atoms with Gasteiger partial charge in [-0.2, -0.15) is 0 Å². The van der Waals surface area contributed by atoms with Crippen LogP contribution in [0.2, 0.25) is 0 Å². The van der Waals surface area contributed by atoms with Crippen LogP contribution in [0.15, 0.2) is 59.3 Å². The van der Waals surface area contributed by atoms with Crippen LogP contribution in [-0.2, 0) is 16.4 Å². The van der Waals surface area contributed by atoms with Crippen molar-refractivity contribution >= 4 is 15.7 Å². The number of carbonyl (C=O) groups is 1. The molecule has 0 saturated heterocycles. The lowest BCUT2D eigenvalue weighted by molar-refractivity contribution is 0.1000. The van der Waals surface area contributed by atoms with Crippen molar-refractivity contribution < 1.29 is 17.9 Å². The first-order valence-corrected chi connectivity index (χ1v) is 8.38. The van der Waals surface area contributed by atoms with Gasteiger partial charge in [0, 0.05) is 11.0 Å². The molecule has 0 fully saturated rings. The van der Waals surface area contributed by atoms with E-state index in [0.717, 1.165) is 17.8 Å². The van der Waals surface area contributed by atoms with Crippen LogP contribution in [0.3, 0.4) is 0 Å². The van der Waals surface area contributed by atoms with E-state index in [4.69, 9.17) is 10.5 Å². The van der Waals surface area contributed by atoms with E-state index in [1.54, 1.807) is 0 Å². The molecule has 1 amide bonds. The summed E-state index contributed by atoms with van der Waals surface area (Å²) in [6.07, 6.45) is 0. The second kappa shape index (κ2) is 6.66. The van der Waals surface area contributed by atoms with Crippen LogP contribution in [0.4, 0.5) is 0 Å². The van der Waals surface area contributed by atoms with Crippen LogP contribution in [0.1, 0.15) is 21.5 Å². The minimum absolute atomic E-state index is 0.0174. The smallest absolute Gasteiger partial charge is 0.248 e. The van der Waals surface area contributed by atoms with Gasteiger partial charge in [-0.25, -0.2) is 8.42 Å². The Morgan fingerprint density at radius 2 is 2.00 bits per heavy atom. The Morgan fingerprint density at radius 3 is 2.39 bits per heavy atom. The molecule has 0 atom stereocenters. The molecule has 0 spiro atoms. The van der Waals surface area contributed by atoms with E-state index in [-0.39, 0.29) is 10.5 Å². The number of aryl methyl sites for hydroxylation is 1. The quantitative estimate of drug-likeness (QED) is 0.936. The number of hydrogen-bond donors (Lipinski definition) is 1. The van der Waals surface area contributed by atoms with Crippen LogP contribution >= 0.6 is 0 Å². The molecule has 6 heteroatoms. The molecule has 0 aromatic heterocycles. The lowest BCUT2D eigenvalue weighted by atomic mass is 10.1. The lowest BCUT2D eigenvalue weighted by Gasteiger charge is -2.15. The Labute approximate surface area is 135 Å². The monoisotopic (exact) mass is 331 g/mol. The molecule has 2 aromatic rings. The first kappa shape index (κ1) is 16.8. The summed E-state index contributed by atoms with van der Waals surface area (Å²) >= 11 is 0. The Balaban J connectivity index is 0.000000182. The average molecular weight is 331 g/mol. The summed E-state index contributed by atoms with van der Waals surface area (Å²) in [5.41, 5.74) is 7.82. The minimum Gasteiger partial charge on any atom is -0.489 e. The largest absolute Gasteiger partial charge is 0.489 e. The number of rotatable bonds is 3. The third kappa shape index (κ3) is 3.98. The van der Waals surface area contributed by atoms with Gasteiger partial charge < -0.3 is 10.5 Å². The van der Waals surface area contributed by atoms with Crippen molar-refractivity contribution in [1.82, 2.24) is 0 Å². The molecular formula is C17H17NO4S. The fraction of sp³-hybridized carbons (Fsp3) is 0.118. The number of nitrogens with two attached hydrogens (primary N) is 1. The van der Waals surface area contributed by atoms with Gasteiger partial charge in [0.15, 0.2) is 9.84 Å². The van der Waals surface area contributed by atoms with Gasteiger partial charge in [0.2, 0.25) is 5.91 Å². The van der Waals surface area contributed by atoms with Crippen LogP contribution in [0.25, 0.3) is 0 Å². The highest BCUT2D eigenvalue weighted by Crippen LogP contribution is 2.23. The molecule has 4 rings (SSSR count). The van der Waals surface area contributed by atoms with E-state index < -0.39 is 15.7 Å². The van der Waals surface area contributed by atoms with Crippen LogP contribution in [0.5, 0.6) is 5.75 Å². The van der Waals surface area contributed by atoms with Crippen molar-refractivity contribution in [2.24, 2.45) is 5.73 Å². The molecule has 2 aliphatic heterocycles. The van der Waals surface area contributed by atoms with Crippen LogP contribution < -0.4 is 10.5 Å². The van der Waals surface area contributed by atoms with Crippen molar-refractivity contribution in [2.75, 3.05) is 0 Å². The fourth-order valence-corrected chi connectivity index (χ4v) is 2.76. The number of hydrogen-bond acceptors (Lipinski definition) is 4. The van der Waals surface area contributed by atoms with Gasteiger partial charge in [-0.05, 0) is 48.4 Å². The van der Waals surface area contributed by atoms with E-state index in [9.17, 15) is 13.2 Å². The molecule has 120 valence electrons. The zero-order chi connectivity index (χ0) is 17.0. The molecule has 0 saturated carbocycles. The third-order valence-electron chi connectivity index (χ3n) is 3.37. The number of fused-ring (bicyclic) bond motifs is 3. The summed E-state index contributed by atoms with van der Waals surface area (Å²) in [5, 5.41) is 0.826.